The van der Waals surface area contributed by atoms with E-state index in [9.17, 15) is 4.79 Å². The number of carboxylic acids is 1. The second kappa shape index (κ2) is 11.4. The summed E-state index contributed by atoms with van der Waals surface area (Å²) in [5.74, 6) is 1.84. The summed E-state index contributed by atoms with van der Waals surface area (Å²) in [4.78, 5) is 10.8. The number of benzene rings is 3. The molecule has 168 valence electrons. The van der Waals surface area contributed by atoms with E-state index in [2.05, 4.69) is 0 Å². The predicted molar refractivity (Wildman–Crippen MR) is 125 cm³/mol. The molecule has 0 radical (unpaired) electrons. The number of carbonyl (C=O) groups is 1. The van der Waals surface area contributed by atoms with Crippen molar-refractivity contribution in [2.75, 3.05) is 6.61 Å². The maximum Gasteiger partial charge on any atom is 0.303 e. The van der Waals surface area contributed by atoms with Crippen LogP contribution in [0.15, 0.2) is 66.7 Å². The van der Waals surface area contributed by atoms with Gasteiger partial charge in [0.15, 0.2) is 11.5 Å². The van der Waals surface area contributed by atoms with E-state index in [0.717, 1.165) is 16.9 Å². The summed E-state index contributed by atoms with van der Waals surface area (Å²) in [7, 11) is 0. The van der Waals surface area contributed by atoms with E-state index in [0.29, 0.717) is 41.7 Å². The van der Waals surface area contributed by atoms with Crippen LogP contribution < -0.4 is 14.2 Å². The van der Waals surface area contributed by atoms with E-state index in [4.69, 9.17) is 30.9 Å². The van der Waals surface area contributed by atoms with Crippen LogP contribution in [-0.4, -0.2) is 23.8 Å². The van der Waals surface area contributed by atoms with Gasteiger partial charge in [-0.15, -0.1) is 0 Å². The smallest absolute Gasteiger partial charge is 0.303 e. The average Bonchev–Trinajstić information content (AvgIpc) is 2.76. The summed E-state index contributed by atoms with van der Waals surface area (Å²) in [5, 5.41) is 9.42. The number of hydrogen-bond donors (Lipinski definition) is 1. The molecule has 0 saturated carbocycles. The van der Waals surface area contributed by atoms with Gasteiger partial charge in [-0.1, -0.05) is 35.9 Å². The van der Waals surface area contributed by atoms with E-state index in [-0.39, 0.29) is 12.5 Å². The quantitative estimate of drug-likeness (QED) is 0.349. The second-order valence-corrected chi connectivity index (χ2v) is 7.99. The minimum absolute atomic E-state index is 0.106. The molecule has 1 unspecified atom stereocenters. The number of halogens is 1. The van der Waals surface area contributed by atoms with Crippen LogP contribution in [0.25, 0.3) is 0 Å². The van der Waals surface area contributed by atoms with Gasteiger partial charge in [-0.25, -0.2) is 0 Å². The first-order valence-corrected chi connectivity index (χ1v) is 10.9. The summed E-state index contributed by atoms with van der Waals surface area (Å²) in [6.07, 6.45) is 1.20. The highest BCUT2D eigenvalue weighted by atomic mass is 35.5. The average molecular weight is 455 g/mol. The lowest BCUT2D eigenvalue weighted by Gasteiger charge is -2.18. The third-order valence-electron chi connectivity index (χ3n) is 4.92. The lowest BCUT2D eigenvalue weighted by atomic mass is 10.0. The Balaban J connectivity index is 1.53. The Hall–Kier alpha value is -3.18. The van der Waals surface area contributed by atoms with Crippen LogP contribution in [0.2, 0.25) is 5.02 Å². The summed E-state index contributed by atoms with van der Waals surface area (Å²) >= 11 is 6.15. The standard InChI is InChI=1S/C26H27ClO5/c1-18-16-23(11-8-20(18)9-13-26(28)29)30-15-14-19(2)31-24-12-10-21(27)17-25(24)32-22-6-4-3-5-7-22/h3-8,10-12,16-17,19H,9,13-15H2,1-2H3,(H,28,29). The van der Waals surface area contributed by atoms with Gasteiger partial charge in [-0.05, 0) is 67.8 Å². The Labute approximate surface area is 193 Å². The zero-order valence-corrected chi connectivity index (χ0v) is 19.0. The van der Waals surface area contributed by atoms with Crippen LogP contribution in [0.1, 0.15) is 30.9 Å². The van der Waals surface area contributed by atoms with Crippen molar-refractivity contribution >= 4 is 17.6 Å². The molecule has 3 rings (SSSR count). The number of ether oxygens (including phenoxy) is 3. The van der Waals surface area contributed by atoms with Crippen LogP contribution in [0.4, 0.5) is 0 Å². The minimum atomic E-state index is -0.795. The normalized spacial score (nSPS) is 11.6. The molecule has 3 aromatic carbocycles. The van der Waals surface area contributed by atoms with Crippen molar-refractivity contribution in [3.05, 3.63) is 82.9 Å². The van der Waals surface area contributed by atoms with Gasteiger partial charge in [0.1, 0.15) is 11.5 Å². The molecule has 0 saturated heterocycles. The van der Waals surface area contributed by atoms with Crippen LogP contribution in [-0.2, 0) is 11.2 Å². The molecular formula is C26H27ClO5. The topological polar surface area (TPSA) is 65.0 Å². The van der Waals surface area contributed by atoms with Gasteiger partial charge in [0.2, 0.25) is 0 Å². The SMILES string of the molecule is Cc1cc(OCCC(C)Oc2ccc(Cl)cc2Oc2ccccc2)ccc1CCC(=O)O. The Bertz CT molecular complexity index is 1040. The Morgan fingerprint density at radius 3 is 2.50 bits per heavy atom. The lowest BCUT2D eigenvalue weighted by Crippen LogP contribution is -2.16. The van der Waals surface area contributed by atoms with E-state index in [1.165, 1.54) is 0 Å². The molecule has 0 aliphatic heterocycles. The Morgan fingerprint density at radius 2 is 1.78 bits per heavy atom. The molecule has 5 nitrogen and oxygen atoms in total. The molecule has 1 N–H and O–H groups in total. The highest BCUT2D eigenvalue weighted by Crippen LogP contribution is 2.35. The molecular weight excluding hydrogens is 428 g/mol. The maximum absolute atomic E-state index is 10.8. The fraction of sp³-hybridized carbons (Fsp3) is 0.269. The molecule has 0 heterocycles. The third-order valence-corrected chi connectivity index (χ3v) is 5.16. The lowest BCUT2D eigenvalue weighted by molar-refractivity contribution is -0.136. The van der Waals surface area contributed by atoms with Crippen molar-refractivity contribution in [1.29, 1.82) is 0 Å². The molecule has 0 fully saturated rings. The molecule has 3 aromatic rings. The highest BCUT2D eigenvalue weighted by molar-refractivity contribution is 6.30. The summed E-state index contributed by atoms with van der Waals surface area (Å²) in [6.45, 7) is 4.42. The molecule has 1 atom stereocenters. The number of hydrogen-bond acceptors (Lipinski definition) is 4. The zero-order valence-electron chi connectivity index (χ0n) is 18.2. The predicted octanol–water partition coefficient (Wildman–Crippen LogP) is 6.69. The van der Waals surface area contributed by atoms with Crippen molar-refractivity contribution in [2.24, 2.45) is 0 Å². The molecule has 0 aromatic heterocycles. The van der Waals surface area contributed by atoms with Gasteiger partial charge in [-0.2, -0.15) is 0 Å². The minimum Gasteiger partial charge on any atom is -0.493 e. The first-order chi connectivity index (χ1) is 15.4. The molecule has 0 aliphatic rings. The number of carboxylic acid groups (broad SMARTS) is 1. The van der Waals surface area contributed by atoms with Gasteiger partial charge in [0.25, 0.3) is 0 Å². The van der Waals surface area contributed by atoms with E-state index in [1.807, 2.05) is 62.4 Å². The van der Waals surface area contributed by atoms with Gasteiger partial charge in [0.05, 0.1) is 12.7 Å². The molecule has 0 amide bonds. The van der Waals surface area contributed by atoms with Crippen LogP contribution >= 0.6 is 11.6 Å². The van der Waals surface area contributed by atoms with Crippen molar-refractivity contribution < 1.29 is 24.1 Å². The first-order valence-electron chi connectivity index (χ1n) is 10.5. The molecule has 6 heteroatoms. The van der Waals surface area contributed by atoms with E-state index in [1.54, 1.807) is 18.2 Å². The van der Waals surface area contributed by atoms with Crippen LogP contribution in [0.5, 0.6) is 23.0 Å². The fourth-order valence-corrected chi connectivity index (χ4v) is 3.34. The van der Waals surface area contributed by atoms with Gasteiger partial charge in [0, 0.05) is 23.9 Å². The Kier molecular flexibility index (Phi) is 8.40. The third kappa shape index (κ3) is 7.20. The van der Waals surface area contributed by atoms with E-state index >= 15 is 0 Å². The van der Waals surface area contributed by atoms with Crippen LogP contribution in [0, 0.1) is 6.92 Å². The fourth-order valence-electron chi connectivity index (χ4n) is 3.17. The molecule has 0 spiro atoms. The summed E-state index contributed by atoms with van der Waals surface area (Å²) in [6, 6.07) is 20.5. The number of para-hydroxylation sites is 1. The van der Waals surface area contributed by atoms with Crippen molar-refractivity contribution in [3.8, 4) is 23.0 Å². The maximum atomic E-state index is 10.8. The molecule has 0 aliphatic carbocycles. The Morgan fingerprint density at radius 1 is 1.00 bits per heavy atom. The van der Waals surface area contributed by atoms with E-state index < -0.39 is 5.97 Å². The van der Waals surface area contributed by atoms with Crippen molar-refractivity contribution in [1.82, 2.24) is 0 Å². The summed E-state index contributed by atoms with van der Waals surface area (Å²) in [5.41, 5.74) is 2.04. The van der Waals surface area contributed by atoms with Gasteiger partial charge >= 0.3 is 5.97 Å². The summed E-state index contributed by atoms with van der Waals surface area (Å²) < 4.78 is 17.9. The highest BCUT2D eigenvalue weighted by Gasteiger charge is 2.12. The van der Waals surface area contributed by atoms with Gasteiger partial charge in [-0.3, -0.25) is 4.79 Å². The molecule has 0 bridgehead atoms. The van der Waals surface area contributed by atoms with Crippen molar-refractivity contribution in [3.63, 3.8) is 0 Å². The molecule has 32 heavy (non-hydrogen) atoms. The van der Waals surface area contributed by atoms with Crippen molar-refractivity contribution in [2.45, 2.75) is 39.2 Å². The second-order valence-electron chi connectivity index (χ2n) is 7.55. The first kappa shape index (κ1) is 23.5. The monoisotopic (exact) mass is 454 g/mol. The zero-order chi connectivity index (χ0) is 22.9. The number of rotatable bonds is 11. The number of aryl methyl sites for hydroxylation is 2. The largest absolute Gasteiger partial charge is 0.493 e. The number of aliphatic carboxylic acids is 1. The van der Waals surface area contributed by atoms with Gasteiger partial charge < -0.3 is 19.3 Å². The van der Waals surface area contributed by atoms with Crippen LogP contribution in [0.3, 0.4) is 0 Å².